The van der Waals surface area contributed by atoms with Crippen LogP contribution < -0.4 is 10.6 Å². The van der Waals surface area contributed by atoms with Crippen LogP contribution in [0.2, 0.25) is 0 Å². The van der Waals surface area contributed by atoms with Gasteiger partial charge in [0.15, 0.2) is 0 Å². The van der Waals surface area contributed by atoms with Crippen molar-refractivity contribution >= 4 is 17.6 Å². The smallest absolute Gasteiger partial charge is 0.253 e. The van der Waals surface area contributed by atoms with E-state index in [4.69, 9.17) is 0 Å². The molecule has 24 heavy (non-hydrogen) atoms. The van der Waals surface area contributed by atoms with E-state index in [1.807, 2.05) is 18.2 Å². The topological polar surface area (TPSA) is 99.8 Å². The van der Waals surface area contributed by atoms with Gasteiger partial charge in [-0.25, -0.2) is 0 Å². The van der Waals surface area contributed by atoms with Gasteiger partial charge in [0.05, 0.1) is 11.8 Å². The first-order chi connectivity index (χ1) is 11.7. The number of H-pyrrole nitrogens is 1. The summed E-state index contributed by atoms with van der Waals surface area (Å²) >= 11 is 0. The van der Waals surface area contributed by atoms with Crippen LogP contribution in [0.15, 0.2) is 67.1 Å². The van der Waals surface area contributed by atoms with Crippen LogP contribution in [0.5, 0.6) is 0 Å². The highest BCUT2D eigenvalue weighted by Crippen LogP contribution is 2.16. The zero-order valence-corrected chi connectivity index (χ0v) is 12.6. The molecule has 1 aromatic carbocycles. The summed E-state index contributed by atoms with van der Waals surface area (Å²) in [6, 6.07) is 13.1. The van der Waals surface area contributed by atoms with Gasteiger partial charge in [-0.05, 0) is 17.7 Å². The second-order valence-electron chi connectivity index (χ2n) is 5.02. The minimum atomic E-state index is -0.845. The first kappa shape index (κ1) is 15.4. The molecule has 3 rings (SSSR count). The molecule has 0 unspecified atom stereocenters. The zero-order valence-electron chi connectivity index (χ0n) is 12.6. The van der Waals surface area contributed by atoms with Crippen LogP contribution in [-0.4, -0.2) is 27.0 Å². The lowest BCUT2D eigenvalue weighted by Crippen LogP contribution is -2.37. The molecule has 0 aliphatic rings. The Bertz CT molecular complexity index is 804. The molecule has 2 aromatic heterocycles. The number of benzene rings is 1. The molecule has 0 saturated heterocycles. The Morgan fingerprint density at radius 3 is 2.50 bits per heavy atom. The minimum Gasteiger partial charge on any atom is -0.336 e. The highest BCUT2D eigenvalue weighted by atomic mass is 16.2. The summed E-state index contributed by atoms with van der Waals surface area (Å²) in [5, 5.41) is 11.9. The fraction of sp³-hybridized carbons (Fsp3) is 0.0588. The molecule has 7 nitrogen and oxygen atoms in total. The molecule has 1 atom stereocenters. The van der Waals surface area contributed by atoms with E-state index in [0.717, 1.165) is 0 Å². The van der Waals surface area contributed by atoms with Crippen LogP contribution in [0.4, 0.5) is 5.82 Å². The fourth-order valence-electron chi connectivity index (χ4n) is 2.19. The highest BCUT2D eigenvalue weighted by molar-refractivity contribution is 6.01. The Kier molecular flexibility index (Phi) is 4.62. The van der Waals surface area contributed by atoms with E-state index in [-0.39, 0.29) is 11.8 Å². The lowest BCUT2D eigenvalue weighted by atomic mass is 10.1. The predicted molar refractivity (Wildman–Crippen MR) is 88.1 cm³/mol. The van der Waals surface area contributed by atoms with Gasteiger partial charge in [-0.3, -0.25) is 19.7 Å². The van der Waals surface area contributed by atoms with Gasteiger partial charge in [-0.1, -0.05) is 30.3 Å². The van der Waals surface area contributed by atoms with Gasteiger partial charge >= 0.3 is 0 Å². The molecule has 3 N–H and O–H groups in total. The Morgan fingerprint density at radius 1 is 1.00 bits per heavy atom. The molecule has 120 valence electrons. The molecule has 2 heterocycles. The monoisotopic (exact) mass is 321 g/mol. The van der Waals surface area contributed by atoms with Crippen LogP contribution in [0.25, 0.3) is 0 Å². The lowest BCUT2D eigenvalue weighted by Gasteiger charge is -2.18. The van der Waals surface area contributed by atoms with Gasteiger partial charge in [-0.2, -0.15) is 5.10 Å². The number of pyridine rings is 1. The van der Waals surface area contributed by atoms with Crippen LogP contribution in [0.3, 0.4) is 0 Å². The summed E-state index contributed by atoms with van der Waals surface area (Å²) in [6.45, 7) is 0. The van der Waals surface area contributed by atoms with Gasteiger partial charge in [0.25, 0.3) is 11.8 Å². The summed E-state index contributed by atoms with van der Waals surface area (Å²) in [6.07, 6.45) is 4.56. The van der Waals surface area contributed by atoms with E-state index in [2.05, 4.69) is 25.8 Å². The van der Waals surface area contributed by atoms with Crippen LogP contribution in [-0.2, 0) is 4.79 Å². The van der Waals surface area contributed by atoms with Gasteiger partial charge in [-0.15, -0.1) is 0 Å². The second kappa shape index (κ2) is 7.19. The Balaban J connectivity index is 1.82. The standard InChI is InChI=1S/C17H15N5O2/c23-16(13-7-4-9-18-11-13)21-15(12-5-2-1-3-6-12)17(24)20-14-8-10-19-22-14/h1-11,15H,(H,21,23)(H2,19,20,22,24)/t15-/m1/s1. The van der Waals surface area contributed by atoms with Crippen molar-refractivity contribution in [2.75, 3.05) is 5.32 Å². The molecule has 0 radical (unpaired) electrons. The van der Waals surface area contributed by atoms with Crippen molar-refractivity contribution in [1.29, 1.82) is 0 Å². The van der Waals surface area contributed by atoms with E-state index in [1.54, 1.807) is 36.5 Å². The molecule has 0 saturated carbocycles. The van der Waals surface area contributed by atoms with Crippen molar-refractivity contribution in [3.8, 4) is 0 Å². The van der Waals surface area contributed by atoms with Crippen LogP contribution >= 0.6 is 0 Å². The number of amides is 2. The molecule has 0 bridgehead atoms. The van der Waals surface area contributed by atoms with E-state index >= 15 is 0 Å². The number of carbonyl (C=O) groups excluding carboxylic acids is 2. The summed E-state index contributed by atoms with van der Waals surface area (Å²) in [7, 11) is 0. The minimum absolute atomic E-state index is 0.373. The third kappa shape index (κ3) is 3.64. The van der Waals surface area contributed by atoms with Gasteiger partial charge in [0.2, 0.25) is 0 Å². The maximum Gasteiger partial charge on any atom is 0.253 e. The van der Waals surface area contributed by atoms with Crippen molar-refractivity contribution in [2.24, 2.45) is 0 Å². The molecule has 0 aliphatic carbocycles. The van der Waals surface area contributed by atoms with Crippen LogP contribution in [0.1, 0.15) is 22.0 Å². The molecule has 0 fully saturated rings. The SMILES string of the molecule is O=C(N[C@@H](C(=O)Nc1ccn[nH]1)c1ccccc1)c1cccnc1. The Hall–Kier alpha value is -3.48. The van der Waals surface area contributed by atoms with E-state index < -0.39 is 6.04 Å². The van der Waals surface area contributed by atoms with Gasteiger partial charge < -0.3 is 10.6 Å². The highest BCUT2D eigenvalue weighted by Gasteiger charge is 2.23. The average Bonchev–Trinajstić information content (AvgIpc) is 3.14. The fourth-order valence-corrected chi connectivity index (χ4v) is 2.19. The molecular weight excluding hydrogens is 306 g/mol. The maximum absolute atomic E-state index is 12.6. The number of nitrogens with one attached hydrogen (secondary N) is 3. The number of aromatic amines is 1. The third-order valence-corrected chi connectivity index (χ3v) is 3.35. The molecule has 0 aliphatic heterocycles. The van der Waals surface area contributed by atoms with Crippen molar-refractivity contribution in [3.05, 3.63) is 78.2 Å². The largest absolute Gasteiger partial charge is 0.336 e. The van der Waals surface area contributed by atoms with Crippen molar-refractivity contribution in [1.82, 2.24) is 20.5 Å². The van der Waals surface area contributed by atoms with E-state index in [1.165, 1.54) is 12.4 Å². The summed E-state index contributed by atoms with van der Waals surface area (Å²) < 4.78 is 0. The Morgan fingerprint density at radius 2 is 1.83 bits per heavy atom. The van der Waals surface area contributed by atoms with Crippen molar-refractivity contribution in [2.45, 2.75) is 6.04 Å². The van der Waals surface area contributed by atoms with Crippen molar-refractivity contribution in [3.63, 3.8) is 0 Å². The normalized spacial score (nSPS) is 11.5. The average molecular weight is 321 g/mol. The quantitative estimate of drug-likeness (QED) is 0.668. The number of hydrogen-bond donors (Lipinski definition) is 3. The number of anilines is 1. The maximum atomic E-state index is 12.6. The van der Waals surface area contributed by atoms with Crippen molar-refractivity contribution < 1.29 is 9.59 Å². The summed E-state index contributed by atoms with van der Waals surface area (Å²) in [5.74, 6) is -0.295. The van der Waals surface area contributed by atoms with E-state index in [9.17, 15) is 9.59 Å². The number of nitrogens with zero attached hydrogens (tertiary/aromatic N) is 2. The number of rotatable bonds is 5. The van der Waals surface area contributed by atoms with Gasteiger partial charge in [0, 0.05) is 18.5 Å². The van der Waals surface area contributed by atoms with E-state index in [0.29, 0.717) is 16.9 Å². The first-order valence-electron chi connectivity index (χ1n) is 7.30. The predicted octanol–water partition coefficient (Wildman–Crippen LogP) is 1.91. The molecular formula is C17H15N5O2. The second-order valence-corrected chi connectivity index (χ2v) is 5.02. The molecule has 3 aromatic rings. The van der Waals surface area contributed by atoms with Gasteiger partial charge in [0.1, 0.15) is 11.9 Å². The lowest BCUT2D eigenvalue weighted by molar-refractivity contribution is -0.118. The van der Waals surface area contributed by atoms with Crippen LogP contribution in [0, 0.1) is 0 Å². The number of aromatic nitrogens is 3. The summed E-state index contributed by atoms with van der Waals surface area (Å²) in [5.41, 5.74) is 1.06. The first-order valence-corrected chi connectivity index (χ1v) is 7.30. The molecule has 7 heteroatoms. The number of hydrogen-bond acceptors (Lipinski definition) is 4. The molecule has 2 amide bonds. The number of carbonyl (C=O) groups is 2. The summed E-state index contributed by atoms with van der Waals surface area (Å²) in [4.78, 5) is 28.9. The zero-order chi connectivity index (χ0) is 16.8. The third-order valence-electron chi connectivity index (χ3n) is 3.35. The molecule has 0 spiro atoms. The Labute approximate surface area is 138 Å².